The van der Waals surface area contributed by atoms with E-state index in [1.54, 1.807) is 0 Å². The fraction of sp³-hybridized carbons (Fsp3) is 0.667. The zero-order chi connectivity index (χ0) is 19.7. The predicted molar refractivity (Wildman–Crippen MR) is 104 cm³/mol. The highest BCUT2D eigenvalue weighted by molar-refractivity contribution is 6.47. The van der Waals surface area contributed by atoms with Gasteiger partial charge in [0.25, 0.3) is 0 Å². The summed E-state index contributed by atoms with van der Waals surface area (Å²) in [7, 11) is 1.17. The Kier molecular flexibility index (Phi) is 5.99. The topological polar surface area (TPSA) is 54.0 Å². The highest BCUT2D eigenvalue weighted by Gasteiger charge is 2.55. The summed E-state index contributed by atoms with van der Waals surface area (Å²) in [5, 5.41) is 0. The number of esters is 1. The molecular formula is C21H31BO5. The van der Waals surface area contributed by atoms with Crippen LogP contribution in [0.2, 0.25) is 5.82 Å². The zero-order valence-corrected chi connectivity index (χ0v) is 17.1. The van der Waals surface area contributed by atoms with Crippen LogP contribution in [0.25, 0.3) is 0 Å². The van der Waals surface area contributed by atoms with E-state index >= 15 is 0 Å². The highest BCUT2D eigenvalue weighted by Crippen LogP contribution is 2.45. The van der Waals surface area contributed by atoms with Gasteiger partial charge in [0.15, 0.2) is 0 Å². The normalized spacial score (nSPS) is 29.5. The van der Waals surface area contributed by atoms with Gasteiger partial charge in [-0.25, -0.2) is 0 Å². The lowest BCUT2D eigenvalue weighted by atomic mass is 9.61. The van der Waals surface area contributed by atoms with Gasteiger partial charge in [-0.3, -0.25) is 4.79 Å². The molecule has 2 aliphatic rings. The Labute approximate surface area is 162 Å². The summed E-state index contributed by atoms with van der Waals surface area (Å²) in [6, 6.07) is 10.0. The minimum atomic E-state index is -0.350. The molecule has 1 aliphatic carbocycles. The van der Waals surface area contributed by atoms with Crippen molar-refractivity contribution < 1.29 is 23.6 Å². The molecule has 2 fully saturated rings. The molecule has 0 aromatic heterocycles. The van der Waals surface area contributed by atoms with Crippen LogP contribution in [-0.4, -0.2) is 37.5 Å². The van der Waals surface area contributed by atoms with Gasteiger partial charge >= 0.3 is 13.1 Å². The van der Waals surface area contributed by atoms with Crippen molar-refractivity contribution >= 4 is 13.1 Å². The molecule has 27 heavy (non-hydrogen) atoms. The maximum Gasteiger partial charge on any atom is 0.461 e. The van der Waals surface area contributed by atoms with Gasteiger partial charge in [0, 0.05) is 0 Å². The molecule has 3 atom stereocenters. The molecule has 1 aliphatic heterocycles. The lowest BCUT2D eigenvalue weighted by Gasteiger charge is -2.35. The van der Waals surface area contributed by atoms with Gasteiger partial charge < -0.3 is 18.8 Å². The average Bonchev–Trinajstić information content (AvgIpc) is 2.87. The molecule has 5 nitrogen and oxygen atoms in total. The lowest BCUT2D eigenvalue weighted by Crippen LogP contribution is -2.41. The molecule has 3 rings (SSSR count). The van der Waals surface area contributed by atoms with Crippen LogP contribution in [0.15, 0.2) is 30.3 Å². The minimum absolute atomic E-state index is 0.194. The van der Waals surface area contributed by atoms with Crippen LogP contribution in [0, 0.1) is 5.92 Å². The first-order valence-corrected chi connectivity index (χ1v) is 9.82. The number of carbonyl (C=O) groups excluding carboxylic acids is 1. The number of carbonyl (C=O) groups is 1. The van der Waals surface area contributed by atoms with Crippen LogP contribution in [0.5, 0.6) is 0 Å². The van der Waals surface area contributed by atoms with Crippen molar-refractivity contribution in [3.8, 4) is 0 Å². The second-order valence-corrected chi connectivity index (χ2v) is 8.66. The number of benzene rings is 1. The molecule has 1 heterocycles. The predicted octanol–water partition coefficient (Wildman–Crippen LogP) is 4.01. The minimum Gasteiger partial charge on any atom is -0.469 e. The summed E-state index contributed by atoms with van der Waals surface area (Å²) in [4.78, 5) is 12.3. The standard InChI is InChI=1S/C21H31BO5/c1-20(2)21(3,4)27-22(26-20)16-11-12-17(19(23)24-5)18(13-16)25-14-15-9-7-6-8-10-15/h6-10,16-18H,11-14H2,1-5H3. The van der Waals surface area contributed by atoms with Crippen molar-refractivity contribution in [2.24, 2.45) is 5.92 Å². The molecule has 1 aromatic carbocycles. The smallest absolute Gasteiger partial charge is 0.461 e. The van der Waals surface area contributed by atoms with Crippen LogP contribution >= 0.6 is 0 Å². The van der Waals surface area contributed by atoms with Gasteiger partial charge in [-0.1, -0.05) is 36.8 Å². The van der Waals surface area contributed by atoms with Gasteiger partial charge in [0.1, 0.15) is 0 Å². The van der Waals surface area contributed by atoms with Crippen LogP contribution in [-0.2, 0) is 30.2 Å². The number of ether oxygens (including phenoxy) is 2. The molecule has 0 spiro atoms. The molecule has 3 unspecified atom stereocenters. The quantitative estimate of drug-likeness (QED) is 0.576. The Morgan fingerprint density at radius 2 is 1.74 bits per heavy atom. The lowest BCUT2D eigenvalue weighted by molar-refractivity contribution is -0.154. The van der Waals surface area contributed by atoms with Gasteiger partial charge in [0.05, 0.1) is 36.9 Å². The highest BCUT2D eigenvalue weighted by atomic mass is 16.7. The largest absolute Gasteiger partial charge is 0.469 e. The number of hydrogen-bond donors (Lipinski definition) is 0. The molecule has 1 saturated carbocycles. The third-order valence-electron chi connectivity index (χ3n) is 6.30. The van der Waals surface area contributed by atoms with E-state index in [1.807, 2.05) is 30.3 Å². The van der Waals surface area contributed by atoms with Gasteiger partial charge in [-0.2, -0.15) is 0 Å². The Morgan fingerprint density at radius 1 is 1.11 bits per heavy atom. The van der Waals surface area contributed by atoms with E-state index in [1.165, 1.54) is 7.11 Å². The molecule has 0 radical (unpaired) electrons. The third kappa shape index (κ3) is 4.39. The Hall–Kier alpha value is -1.37. The van der Waals surface area contributed by atoms with Gasteiger partial charge in [-0.15, -0.1) is 0 Å². The maximum absolute atomic E-state index is 12.3. The molecule has 0 bridgehead atoms. The van der Waals surface area contributed by atoms with E-state index in [2.05, 4.69) is 27.7 Å². The van der Waals surface area contributed by atoms with Crippen molar-refractivity contribution in [2.75, 3.05) is 7.11 Å². The van der Waals surface area contributed by atoms with Crippen molar-refractivity contribution in [2.45, 2.75) is 76.7 Å². The number of methoxy groups -OCH3 is 1. The van der Waals surface area contributed by atoms with Crippen LogP contribution in [0.1, 0.15) is 52.5 Å². The summed E-state index contributed by atoms with van der Waals surface area (Å²) < 4.78 is 23.7. The van der Waals surface area contributed by atoms with E-state index in [0.29, 0.717) is 6.61 Å². The second-order valence-electron chi connectivity index (χ2n) is 8.66. The Morgan fingerprint density at radius 3 is 2.33 bits per heavy atom. The molecule has 6 heteroatoms. The fourth-order valence-corrected chi connectivity index (χ4v) is 3.87. The maximum atomic E-state index is 12.3. The molecule has 1 aromatic rings. The van der Waals surface area contributed by atoms with Crippen LogP contribution in [0.4, 0.5) is 0 Å². The van der Waals surface area contributed by atoms with Gasteiger partial charge in [-0.05, 0) is 51.9 Å². The van der Waals surface area contributed by atoms with Crippen molar-refractivity contribution in [1.29, 1.82) is 0 Å². The second kappa shape index (κ2) is 7.94. The summed E-state index contributed by atoms with van der Waals surface area (Å²) in [6.07, 6.45) is 2.11. The number of rotatable bonds is 5. The van der Waals surface area contributed by atoms with Crippen LogP contribution < -0.4 is 0 Å². The van der Waals surface area contributed by atoms with Crippen molar-refractivity contribution in [3.63, 3.8) is 0 Å². The summed E-state index contributed by atoms with van der Waals surface area (Å²) in [5.41, 5.74) is 0.396. The van der Waals surface area contributed by atoms with E-state index in [4.69, 9.17) is 18.8 Å². The SMILES string of the molecule is COC(=O)C1CCC(B2OC(C)(C)C(C)(C)O2)CC1OCc1ccccc1. The Bertz CT molecular complexity index is 629. The van der Waals surface area contributed by atoms with E-state index in [-0.39, 0.29) is 42.1 Å². The van der Waals surface area contributed by atoms with Crippen molar-refractivity contribution in [1.82, 2.24) is 0 Å². The summed E-state index contributed by atoms with van der Waals surface area (Å²) in [5.74, 6) is -0.231. The van der Waals surface area contributed by atoms with Crippen molar-refractivity contribution in [3.05, 3.63) is 35.9 Å². The third-order valence-corrected chi connectivity index (χ3v) is 6.30. The Balaban J connectivity index is 1.69. The number of hydrogen-bond acceptors (Lipinski definition) is 5. The first-order valence-electron chi connectivity index (χ1n) is 9.82. The van der Waals surface area contributed by atoms with E-state index in [0.717, 1.165) is 24.8 Å². The summed E-state index contributed by atoms with van der Waals surface area (Å²) >= 11 is 0. The zero-order valence-electron chi connectivity index (χ0n) is 17.1. The molecular weight excluding hydrogens is 343 g/mol. The monoisotopic (exact) mass is 374 g/mol. The van der Waals surface area contributed by atoms with E-state index < -0.39 is 0 Å². The molecule has 1 saturated heterocycles. The fourth-order valence-electron chi connectivity index (χ4n) is 3.87. The van der Waals surface area contributed by atoms with E-state index in [9.17, 15) is 4.79 Å². The average molecular weight is 374 g/mol. The first-order chi connectivity index (χ1) is 12.7. The molecule has 0 N–H and O–H groups in total. The van der Waals surface area contributed by atoms with Gasteiger partial charge in [0.2, 0.25) is 0 Å². The molecule has 0 amide bonds. The summed E-state index contributed by atoms with van der Waals surface area (Å²) in [6.45, 7) is 8.74. The van der Waals surface area contributed by atoms with Crippen LogP contribution in [0.3, 0.4) is 0 Å². The molecule has 148 valence electrons. The first kappa shape index (κ1) is 20.4.